The highest BCUT2D eigenvalue weighted by Gasteiger charge is 2.31. The van der Waals surface area contributed by atoms with Crippen molar-refractivity contribution in [3.8, 4) is 5.75 Å². The number of benzene rings is 1. The molecule has 1 saturated carbocycles. The first-order valence-corrected chi connectivity index (χ1v) is 12.9. The normalized spacial score (nSPS) is 18.2. The van der Waals surface area contributed by atoms with Crippen LogP contribution < -0.4 is 10.1 Å². The minimum atomic E-state index is -0.0283. The Hall–Kier alpha value is -2.61. The van der Waals surface area contributed by atoms with Gasteiger partial charge in [0.25, 0.3) is 0 Å². The molecule has 2 N–H and O–H groups in total. The van der Waals surface area contributed by atoms with Crippen molar-refractivity contribution in [3.63, 3.8) is 0 Å². The van der Waals surface area contributed by atoms with Crippen LogP contribution in [0.4, 0.5) is 5.69 Å². The summed E-state index contributed by atoms with van der Waals surface area (Å²) in [5.41, 5.74) is 1.90. The molecule has 1 unspecified atom stereocenters. The third-order valence-corrected chi connectivity index (χ3v) is 7.17. The van der Waals surface area contributed by atoms with Crippen molar-refractivity contribution < 1.29 is 19.4 Å². The highest BCUT2D eigenvalue weighted by Crippen LogP contribution is 2.33. The fourth-order valence-corrected chi connectivity index (χ4v) is 5.51. The number of hydrogen-bond donors (Lipinski definition) is 2. The molecule has 2 aliphatic heterocycles. The molecule has 1 atom stereocenters. The second kappa shape index (κ2) is 11.7. The number of ether oxygens (including phenoxy) is 1. The van der Waals surface area contributed by atoms with Gasteiger partial charge >= 0.3 is 0 Å². The summed E-state index contributed by atoms with van der Waals surface area (Å²) in [6.07, 6.45) is 9.05. The van der Waals surface area contributed by atoms with E-state index in [2.05, 4.69) is 17.2 Å². The average Bonchev–Trinajstić information content (AvgIpc) is 3.48. The number of amides is 2. The fraction of sp³-hybridized carbons (Fsp3) is 0.654. The van der Waals surface area contributed by atoms with Crippen LogP contribution in [0.2, 0.25) is 0 Å². The Bertz CT molecular complexity index is 897. The monoisotopic (exact) mass is 470 g/mol. The van der Waals surface area contributed by atoms with Crippen LogP contribution in [0, 0.1) is 5.92 Å². The second-order valence-corrected chi connectivity index (χ2v) is 9.65. The Labute approximate surface area is 202 Å². The molecule has 34 heavy (non-hydrogen) atoms. The Morgan fingerprint density at radius 2 is 2.12 bits per heavy atom. The third-order valence-electron chi connectivity index (χ3n) is 7.17. The number of carbonyl (C=O) groups excluding carboxylic acids is 2. The quantitative estimate of drug-likeness (QED) is 0.457. The summed E-state index contributed by atoms with van der Waals surface area (Å²) >= 11 is 0. The van der Waals surface area contributed by atoms with Crippen LogP contribution in [0.3, 0.4) is 0 Å². The zero-order valence-electron chi connectivity index (χ0n) is 20.3. The Kier molecular flexibility index (Phi) is 8.43. The number of rotatable bonds is 12. The van der Waals surface area contributed by atoms with E-state index in [1.807, 2.05) is 28.0 Å². The molecule has 0 bridgehead atoms. The highest BCUT2D eigenvalue weighted by atomic mass is 16.5. The fourth-order valence-electron chi connectivity index (χ4n) is 5.51. The molecule has 1 saturated heterocycles. The van der Waals surface area contributed by atoms with Gasteiger partial charge in [-0.05, 0) is 56.2 Å². The van der Waals surface area contributed by atoms with Crippen molar-refractivity contribution in [2.75, 3.05) is 26.3 Å². The van der Waals surface area contributed by atoms with E-state index in [0.29, 0.717) is 44.5 Å². The standard InChI is InChI=1S/C26H38N4O4/c1-2-7-23(19-8-3-4-9-19)30(13-14-31)25(33)10-5-6-15-34-21-11-12-22-20(16-21)17-29-18-24(32)28-26(29)27-22/h11-12,16,19,23,31H,2-10,13-15,17-18H2,1H3,(H,27,28,32). The maximum absolute atomic E-state index is 13.0. The van der Waals surface area contributed by atoms with Crippen LogP contribution in [0.5, 0.6) is 5.75 Å². The SMILES string of the molecule is CCCC(C1CCCC1)N(CCO)C(=O)CCCCOc1ccc2c(c1)CN1CC(=O)NC1=N2. The average molecular weight is 471 g/mol. The molecule has 2 fully saturated rings. The molecule has 8 nitrogen and oxygen atoms in total. The maximum atomic E-state index is 13.0. The number of hydrogen-bond acceptors (Lipinski definition) is 6. The van der Waals surface area contributed by atoms with Crippen molar-refractivity contribution in [1.29, 1.82) is 0 Å². The predicted octanol–water partition coefficient (Wildman–Crippen LogP) is 3.35. The van der Waals surface area contributed by atoms with Crippen LogP contribution in [0.1, 0.15) is 70.3 Å². The maximum Gasteiger partial charge on any atom is 0.246 e. The van der Waals surface area contributed by atoms with Gasteiger partial charge in [0.1, 0.15) is 12.3 Å². The molecule has 2 heterocycles. The van der Waals surface area contributed by atoms with E-state index in [9.17, 15) is 14.7 Å². The molecule has 8 heteroatoms. The lowest BCUT2D eigenvalue weighted by Crippen LogP contribution is -2.45. The van der Waals surface area contributed by atoms with Gasteiger partial charge in [0.05, 0.1) is 18.9 Å². The van der Waals surface area contributed by atoms with Gasteiger partial charge in [0.2, 0.25) is 17.8 Å². The minimum absolute atomic E-state index is 0.0211. The van der Waals surface area contributed by atoms with E-state index in [-0.39, 0.29) is 24.5 Å². The molecule has 0 spiro atoms. The lowest BCUT2D eigenvalue weighted by Gasteiger charge is -2.35. The Morgan fingerprint density at radius 3 is 2.88 bits per heavy atom. The summed E-state index contributed by atoms with van der Waals surface area (Å²) in [7, 11) is 0. The molecular weight excluding hydrogens is 432 g/mol. The summed E-state index contributed by atoms with van der Waals surface area (Å²) < 4.78 is 5.95. The molecule has 186 valence electrons. The topological polar surface area (TPSA) is 94.5 Å². The van der Waals surface area contributed by atoms with E-state index >= 15 is 0 Å². The molecule has 0 radical (unpaired) electrons. The van der Waals surface area contributed by atoms with Gasteiger partial charge in [-0.3, -0.25) is 14.9 Å². The number of aliphatic imine (C=N–C) groups is 1. The van der Waals surface area contributed by atoms with Gasteiger partial charge in [-0.25, -0.2) is 4.99 Å². The van der Waals surface area contributed by atoms with Crippen LogP contribution >= 0.6 is 0 Å². The predicted molar refractivity (Wildman–Crippen MR) is 131 cm³/mol. The number of nitrogens with zero attached hydrogens (tertiary/aromatic N) is 3. The molecule has 1 aliphatic carbocycles. The van der Waals surface area contributed by atoms with Gasteiger partial charge in [0.15, 0.2) is 0 Å². The number of aliphatic hydroxyl groups is 1. The molecular formula is C26H38N4O4. The first kappa shape index (κ1) is 24.5. The first-order valence-electron chi connectivity index (χ1n) is 12.9. The Balaban J connectivity index is 1.23. The van der Waals surface area contributed by atoms with E-state index in [1.165, 1.54) is 25.7 Å². The summed E-state index contributed by atoms with van der Waals surface area (Å²) in [6.45, 7) is 4.16. The van der Waals surface area contributed by atoms with E-state index < -0.39 is 0 Å². The van der Waals surface area contributed by atoms with Gasteiger partial charge in [-0.15, -0.1) is 0 Å². The van der Waals surface area contributed by atoms with Crippen LogP contribution in [-0.4, -0.2) is 65.0 Å². The van der Waals surface area contributed by atoms with E-state index in [0.717, 1.165) is 42.7 Å². The lowest BCUT2D eigenvalue weighted by atomic mass is 9.92. The smallest absolute Gasteiger partial charge is 0.246 e. The van der Waals surface area contributed by atoms with Crippen molar-refractivity contribution in [1.82, 2.24) is 15.1 Å². The summed E-state index contributed by atoms with van der Waals surface area (Å²) in [5.74, 6) is 2.13. The van der Waals surface area contributed by atoms with Crippen molar-refractivity contribution in [2.24, 2.45) is 10.9 Å². The zero-order chi connectivity index (χ0) is 23.9. The number of carbonyl (C=O) groups is 2. The van der Waals surface area contributed by atoms with Gasteiger partial charge in [0, 0.05) is 31.1 Å². The van der Waals surface area contributed by atoms with Gasteiger partial charge in [-0.1, -0.05) is 26.2 Å². The van der Waals surface area contributed by atoms with E-state index in [1.54, 1.807) is 0 Å². The second-order valence-electron chi connectivity index (χ2n) is 9.65. The van der Waals surface area contributed by atoms with Crippen LogP contribution in [0.15, 0.2) is 23.2 Å². The lowest BCUT2D eigenvalue weighted by molar-refractivity contribution is -0.135. The molecule has 0 aromatic heterocycles. The molecule has 2 amide bonds. The number of unbranched alkanes of at least 4 members (excludes halogenated alkanes) is 1. The van der Waals surface area contributed by atoms with E-state index in [4.69, 9.17) is 4.74 Å². The minimum Gasteiger partial charge on any atom is -0.494 e. The number of aliphatic hydroxyl groups excluding tert-OH is 1. The van der Waals surface area contributed by atoms with Crippen molar-refractivity contribution >= 4 is 23.5 Å². The number of guanidine groups is 1. The number of fused-ring (bicyclic) bond motifs is 2. The largest absolute Gasteiger partial charge is 0.494 e. The summed E-state index contributed by atoms with van der Waals surface area (Å²) in [4.78, 5) is 33.0. The molecule has 4 rings (SSSR count). The highest BCUT2D eigenvalue weighted by molar-refractivity contribution is 6.05. The third kappa shape index (κ3) is 5.90. The summed E-state index contributed by atoms with van der Waals surface area (Å²) in [6, 6.07) is 6.08. The van der Waals surface area contributed by atoms with Crippen molar-refractivity contribution in [2.45, 2.75) is 77.3 Å². The molecule has 1 aromatic carbocycles. The number of nitrogens with one attached hydrogen (secondary N) is 1. The first-order chi connectivity index (χ1) is 16.6. The summed E-state index contributed by atoms with van der Waals surface area (Å²) in [5, 5.41) is 12.4. The molecule has 3 aliphatic rings. The van der Waals surface area contributed by atoms with Crippen molar-refractivity contribution in [3.05, 3.63) is 23.8 Å². The van der Waals surface area contributed by atoms with Crippen LogP contribution in [-0.2, 0) is 16.1 Å². The zero-order valence-corrected chi connectivity index (χ0v) is 20.3. The van der Waals surface area contributed by atoms with Crippen LogP contribution in [0.25, 0.3) is 0 Å². The Morgan fingerprint density at radius 1 is 1.29 bits per heavy atom. The van der Waals surface area contributed by atoms with Gasteiger partial charge in [-0.2, -0.15) is 0 Å². The van der Waals surface area contributed by atoms with Gasteiger partial charge < -0.3 is 19.6 Å². The molecule has 1 aromatic rings.